The number of aromatic nitrogens is 3. The topological polar surface area (TPSA) is 80.9 Å². The number of hydrogen-bond donors (Lipinski definition) is 1. The van der Waals surface area contributed by atoms with Crippen LogP contribution in [0.1, 0.15) is 58.3 Å². The number of rotatable bonds is 7. The molecule has 0 spiro atoms. The van der Waals surface area contributed by atoms with Gasteiger partial charge >= 0.3 is 0 Å². The summed E-state index contributed by atoms with van der Waals surface area (Å²) >= 11 is 1.64. The SMILES string of the molecule is CC.CC(C)C(=O)NCC(C)(C)c1nnc(Cc2nc3ccc(-c4ccccc4)cc3s2)o1. The summed E-state index contributed by atoms with van der Waals surface area (Å²) in [4.78, 5) is 16.6. The Hall–Kier alpha value is -3.06. The molecule has 174 valence electrons. The van der Waals surface area contributed by atoms with Gasteiger partial charge in [0.2, 0.25) is 17.7 Å². The Morgan fingerprint density at radius 1 is 1.06 bits per heavy atom. The molecule has 0 bridgehead atoms. The Morgan fingerprint density at radius 2 is 1.79 bits per heavy atom. The fraction of sp³-hybridized carbons (Fsp3) is 0.385. The summed E-state index contributed by atoms with van der Waals surface area (Å²) in [5.41, 5.74) is 2.88. The molecule has 6 nitrogen and oxygen atoms in total. The first kappa shape index (κ1) is 24.6. The van der Waals surface area contributed by atoms with Crippen molar-refractivity contribution in [3.8, 4) is 11.1 Å². The second-order valence-electron chi connectivity index (χ2n) is 8.59. The van der Waals surface area contributed by atoms with Crippen molar-refractivity contribution in [1.29, 1.82) is 0 Å². The first-order valence-electron chi connectivity index (χ1n) is 11.4. The van der Waals surface area contributed by atoms with E-state index in [1.165, 1.54) is 11.1 Å². The van der Waals surface area contributed by atoms with Gasteiger partial charge < -0.3 is 9.73 Å². The Balaban J connectivity index is 0.00000149. The number of benzene rings is 2. The van der Waals surface area contributed by atoms with Gasteiger partial charge in [0.1, 0.15) is 5.01 Å². The van der Waals surface area contributed by atoms with Crippen LogP contribution in [0.5, 0.6) is 0 Å². The highest BCUT2D eigenvalue weighted by molar-refractivity contribution is 7.18. The molecule has 1 N–H and O–H groups in total. The van der Waals surface area contributed by atoms with Gasteiger partial charge in [0, 0.05) is 12.5 Å². The number of carbonyl (C=O) groups excluding carboxylic acids is 1. The van der Waals surface area contributed by atoms with Crippen LogP contribution in [0.3, 0.4) is 0 Å². The molecule has 7 heteroatoms. The van der Waals surface area contributed by atoms with Crippen LogP contribution >= 0.6 is 11.3 Å². The van der Waals surface area contributed by atoms with Gasteiger partial charge in [-0.15, -0.1) is 21.5 Å². The van der Waals surface area contributed by atoms with E-state index in [1.807, 2.05) is 59.7 Å². The molecule has 0 aliphatic heterocycles. The smallest absolute Gasteiger partial charge is 0.223 e. The van der Waals surface area contributed by atoms with Crippen molar-refractivity contribution >= 4 is 27.5 Å². The predicted molar refractivity (Wildman–Crippen MR) is 134 cm³/mol. The number of nitrogens with one attached hydrogen (secondary N) is 1. The minimum Gasteiger partial charge on any atom is -0.424 e. The zero-order chi connectivity index (χ0) is 24.0. The van der Waals surface area contributed by atoms with Gasteiger partial charge in [0.15, 0.2) is 0 Å². The number of carbonyl (C=O) groups is 1. The summed E-state index contributed by atoms with van der Waals surface area (Å²) in [6, 6.07) is 16.6. The van der Waals surface area contributed by atoms with E-state index in [4.69, 9.17) is 9.40 Å². The first-order chi connectivity index (χ1) is 15.8. The van der Waals surface area contributed by atoms with E-state index >= 15 is 0 Å². The van der Waals surface area contributed by atoms with E-state index < -0.39 is 5.41 Å². The lowest BCUT2D eigenvalue weighted by Crippen LogP contribution is -2.38. The molecular formula is C26H32N4O2S. The Bertz CT molecular complexity index is 1200. The van der Waals surface area contributed by atoms with Gasteiger partial charge in [-0.3, -0.25) is 4.79 Å². The van der Waals surface area contributed by atoms with E-state index in [9.17, 15) is 4.79 Å². The summed E-state index contributed by atoms with van der Waals surface area (Å²) in [5.74, 6) is 0.993. The summed E-state index contributed by atoms with van der Waals surface area (Å²) < 4.78 is 7.06. The summed E-state index contributed by atoms with van der Waals surface area (Å²) in [6.07, 6.45) is 0.488. The maximum absolute atomic E-state index is 11.9. The van der Waals surface area contributed by atoms with Crippen LogP contribution in [-0.2, 0) is 16.6 Å². The zero-order valence-corrected chi connectivity index (χ0v) is 21.0. The van der Waals surface area contributed by atoms with Gasteiger partial charge in [0.25, 0.3) is 0 Å². The number of hydrogen-bond acceptors (Lipinski definition) is 6. The third-order valence-corrected chi connectivity index (χ3v) is 6.14. The first-order valence-corrected chi connectivity index (χ1v) is 12.2. The molecule has 4 rings (SSSR count). The van der Waals surface area contributed by atoms with Crippen molar-refractivity contribution in [2.45, 2.75) is 53.4 Å². The number of thiazole rings is 1. The third-order valence-electron chi connectivity index (χ3n) is 5.12. The normalized spacial score (nSPS) is 11.4. The molecule has 0 saturated carbocycles. The molecule has 0 aliphatic rings. The van der Waals surface area contributed by atoms with Crippen LogP contribution in [0.2, 0.25) is 0 Å². The summed E-state index contributed by atoms with van der Waals surface area (Å²) in [7, 11) is 0. The van der Waals surface area contributed by atoms with Crippen molar-refractivity contribution in [1.82, 2.24) is 20.5 Å². The molecule has 2 aromatic carbocycles. The van der Waals surface area contributed by atoms with Crippen LogP contribution in [0.25, 0.3) is 21.3 Å². The van der Waals surface area contributed by atoms with E-state index in [2.05, 4.69) is 45.8 Å². The molecule has 33 heavy (non-hydrogen) atoms. The predicted octanol–water partition coefficient (Wildman–Crippen LogP) is 6.01. The number of fused-ring (bicyclic) bond motifs is 1. The van der Waals surface area contributed by atoms with E-state index in [0.29, 0.717) is 24.7 Å². The minimum atomic E-state index is -0.450. The van der Waals surface area contributed by atoms with E-state index in [1.54, 1.807) is 11.3 Å². The fourth-order valence-corrected chi connectivity index (χ4v) is 4.17. The molecular weight excluding hydrogens is 432 g/mol. The molecule has 1 amide bonds. The third kappa shape index (κ3) is 6.05. The minimum absolute atomic E-state index is 0.0113. The average molecular weight is 465 g/mol. The standard InChI is InChI=1S/C24H26N4O2S.C2H6/c1-15(2)22(29)25-14-24(3,4)23-28-27-20(30-23)13-21-26-18-11-10-17(12-19(18)31-21)16-8-6-5-7-9-16;1-2/h5-12,15H,13-14H2,1-4H3,(H,25,29);1-2H3. The second-order valence-corrected chi connectivity index (χ2v) is 9.71. The van der Waals surface area contributed by atoms with Crippen LogP contribution in [0.15, 0.2) is 52.9 Å². The molecule has 0 aliphatic carbocycles. The average Bonchev–Trinajstić information content (AvgIpc) is 3.46. The molecule has 4 aromatic rings. The molecule has 0 unspecified atom stereocenters. The van der Waals surface area contributed by atoms with Crippen LogP contribution in [0, 0.1) is 5.92 Å². The van der Waals surface area contributed by atoms with E-state index in [0.717, 1.165) is 15.2 Å². The molecule has 0 saturated heterocycles. The van der Waals surface area contributed by atoms with E-state index in [-0.39, 0.29) is 11.8 Å². The monoisotopic (exact) mass is 464 g/mol. The Labute approximate surface area is 199 Å². The second kappa shape index (κ2) is 10.7. The van der Waals surface area contributed by atoms with Crippen molar-refractivity contribution in [2.24, 2.45) is 5.92 Å². The molecule has 0 fully saturated rings. The van der Waals surface area contributed by atoms with Gasteiger partial charge in [-0.05, 0) is 37.1 Å². The number of amides is 1. The summed E-state index contributed by atoms with van der Waals surface area (Å²) in [5, 5.41) is 12.3. The largest absolute Gasteiger partial charge is 0.424 e. The Morgan fingerprint density at radius 3 is 2.48 bits per heavy atom. The van der Waals surface area contributed by atoms with Gasteiger partial charge in [-0.25, -0.2) is 4.98 Å². The zero-order valence-electron chi connectivity index (χ0n) is 20.2. The quantitative estimate of drug-likeness (QED) is 0.362. The number of nitrogens with zero attached hydrogens (tertiary/aromatic N) is 3. The van der Waals surface area contributed by atoms with Crippen molar-refractivity contribution in [3.63, 3.8) is 0 Å². The van der Waals surface area contributed by atoms with Gasteiger partial charge in [-0.1, -0.05) is 64.1 Å². The van der Waals surface area contributed by atoms with Crippen LogP contribution < -0.4 is 5.32 Å². The van der Waals surface area contributed by atoms with Gasteiger partial charge in [-0.2, -0.15) is 0 Å². The Kier molecular flexibility index (Phi) is 7.97. The molecule has 0 radical (unpaired) electrons. The molecule has 2 aromatic heterocycles. The fourth-order valence-electron chi connectivity index (χ4n) is 3.17. The molecule has 2 heterocycles. The van der Waals surface area contributed by atoms with Crippen LogP contribution in [-0.4, -0.2) is 27.6 Å². The lowest BCUT2D eigenvalue weighted by Gasteiger charge is -2.21. The highest BCUT2D eigenvalue weighted by Gasteiger charge is 2.28. The van der Waals surface area contributed by atoms with Crippen LogP contribution in [0.4, 0.5) is 0 Å². The molecule has 0 atom stereocenters. The highest BCUT2D eigenvalue weighted by Crippen LogP contribution is 2.29. The summed E-state index contributed by atoms with van der Waals surface area (Å²) in [6.45, 7) is 12.1. The van der Waals surface area contributed by atoms with Crippen molar-refractivity contribution in [3.05, 3.63) is 65.3 Å². The lowest BCUT2D eigenvalue weighted by molar-refractivity contribution is -0.124. The lowest BCUT2D eigenvalue weighted by atomic mass is 9.93. The van der Waals surface area contributed by atoms with Crippen molar-refractivity contribution in [2.75, 3.05) is 6.54 Å². The van der Waals surface area contributed by atoms with Gasteiger partial charge in [0.05, 0.1) is 22.1 Å². The van der Waals surface area contributed by atoms with Crippen molar-refractivity contribution < 1.29 is 9.21 Å². The maximum atomic E-state index is 11.9. The highest BCUT2D eigenvalue weighted by atomic mass is 32.1. The maximum Gasteiger partial charge on any atom is 0.223 e.